The van der Waals surface area contributed by atoms with Gasteiger partial charge in [-0.15, -0.1) is 0 Å². The van der Waals surface area contributed by atoms with Crippen molar-refractivity contribution >= 4 is 34.5 Å². The van der Waals surface area contributed by atoms with Gasteiger partial charge in [0.25, 0.3) is 5.91 Å². The van der Waals surface area contributed by atoms with E-state index >= 15 is 4.39 Å². The number of carbonyl (C=O) groups is 3. The van der Waals surface area contributed by atoms with Crippen LogP contribution in [-0.2, 0) is 9.53 Å². The number of aromatic amines is 1. The summed E-state index contributed by atoms with van der Waals surface area (Å²) in [5.41, 5.74) is 2.97. The van der Waals surface area contributed by atoms with E-state index in [9.17, 15) is 14.4 Å². The van der Waals surface area contributed by atoms with Crippen molar-refractivity contribution in [3.8, 4) is 16.9 Å². The summed E-state index contributed by atoms with van der Waals surface area (Å²) in [6.07, 6.45) is 1.22. The van der Waals surface area contributed by atoms with Gasteiger partial charge in [-0.2, -0.15) is 0 Å². The summed E-state index contributed by atoms with van der Waals surface area (Å²) in [4.78, 5) is 47.9. The maximum absolute atomic E-state index is 16.3. The fraction of sp³-hybridized carbons (Fsp3) is 0.500. The van der Waals surface area contributed by atoms with Crippen LogP contribution in [0.5, 0.6) is 5.75 Å². The van der Waals surface area contributed by atoms with Crippen molar-refractivity contribution in [3.63, 3.8) is 0 Å². The van der Waals surface area contributed by atoms with E-state index in [1.807, 2.05) is 45.0 Å². The SMILES string of the molecule is COc1cc(N2CCN(C(=O)OC(C)(C)C)CC2)ccc1-c1cc(C2CCCN(C(C)=O)C2)c(F)c2[nH]c(C(=O)N(C)C)cc12. The number of benzene rings is 2. The van der Waals surface area contributed by atoms with Crippen LogP contribution in [0.2, 0.25) is 0 Å². The number of hydrogen-bond donors (Lipinski definition) is 1. The third kappa shape index (κ3) is 6.72. The highest BCUT2D eigenvalue weighted by molar-refractivity contribution is 6.04. The molecule has 1 unspecified atom stereocenters. The molecule has 2 aliphatic rings. The first-order valence-electron chi connectivity index (χ1n) is 15.5. The summed E-state index contributed by atoms with van der Waals surface area (Å²) in [7, 11) is 4.92. The molecule has 0 bridgehead atoms. The summed E-state index contributed by atoms with van der Waals surface area (Å²) in [5, 5.41) is 0.581. The number of amides is 3. The van der Waals surface area contributed by atoms with Crippen LogP contribution in [0.25, 0.3) is 22.0 Å². The van der Waals surface area contributed by atoms with Crippen molar-refractivity contribution in [2.45, 2.75) is 52.1 Å². The van der Waals surface area contributed by atoms with E-state index in [2.05, 4.69) is 9.88 Å². The lowest BCUT2D eigenvalue weighted by Crippen LogP contribution is -2.50. The van der Waals surface area contributed by atoms with Crippen LogP contribution in [-0.4, -0.2) is 104 Å². The third-order valence-electron chi connectivity index (χ3n) is 8.60. The number of piperazine rings is 1. The largest absolute Gasteiger partial charge is 0.496 e. The molecule has 1 aromatic heterocycles. The van der Waals surface area contributed by atoms with E-state index in [0.717, 1.165) is 29.7 Å². The van der Waals surface area contributed by atoms with Gasteiger partial charge in [0.2, 0.25) is 5.91 Å². The molecule has 2 aromatic carbocycles. The maximum atomic E-state index is 16.3. The number of nitrogens with one attached hydrogen (secondary N) is 1. The van der Waals surface area contributed by atoms with Crippen LogP contribution in [0.1, 0.15) is 62.5 Å². The number of halogens is 1. The summed E-state index contributed by atoms with van der Waals surface area (Å²) in [5.74, 6) is -0.263. The van der Waals surface area contributed by atoms with E-state index in [1.165, 1.54) is 4.90 Å². The summed E-state index contributed by atoms with van der Waals surface area (Å²) >= 11 is 0. The number of ether oxygens (including phenoxy) is 2. The Morgan fingerprint density at radius 2 is 1.69 bits per heavy atom. The summed E-state index contributed by atoms with van der Waals surface area (Å²) < 4.78 is 27.7. The number of H-pyrrole nitrogens is 1. The van der Waals surface area contributed by atoms with E-state index in [1.54, 1.807) is 44.0 Å². The Hall–Kier alpha value is -4.28. The Morgan fingerprint density at radius 3 is 2.31 bits per heavy atom. The number of methoxy groups -OCH3 is 1. The fourth-order valence-electron chi connectivity index (χ4n) is 6.25. The molecule has 5 rings (SSSR count). The molecule has 0 saturated carbocycles. The molecule has 1 N–H and O–H groups in total. The van der Waals surface area contributed by atoms with Crippen LogP contribution in [0.15, 0.2) is 30.3 Å². The summed E-state index contributed by atoms with van der Waals surface area (Å²) in [6.45, 7) is 10.5. The second kappa shape index (κ2) is 12.6. The Kier molecular flexibility index (Phi) is 9.00. The number of rotatable bonds is 5. The number of aromatic nitrogens is 1. The van der Waals surface area contributed by atoms with Gasteiger partial charge in [0, 0.05) is 88.9 Å². The monoisotopic (exact) mass is 621 g/mol. The fourth-order valence-corrected chi connectivity index (χ4v) is 6.25. The minimum Gasteiger partial charge on any atom is -0.496 e. The number of carbonyl (C=O) groups excluding carboxylic acids is 3. The predicted molar refractivity (Wildman–Crippen MR) is 173 cm³/mol. The number of anilines is 1. The zero-order valence-electron chi connectivity index (χ0n) is 27.3. The average Bonchev–Trinajstić information content (AvgIpc) is 3.46. The second-order valence-electron chi connectivity index (χ2n) is 13.1. The topological polar surface area (TPSA) is 98.4 Å². The van der Waals surface area contributed by atoms with Crippen molar-refractivity contribution < 1.29 is 28.2 Å². The van der Waals surface area contributed by atoms with E-state index < -0.39 is 11.4 Å². The zero-order valence-corrected chi connectivity index (χ0v) is 27.3. The van der Waals surface area contributed by atoms with Crippen LogP contribution in [0.3, 0.4) is 0 Å². The van der Waals surface area contributed by atoms with Crippen molar-refractivity contribution in [3.05, 3.63) is 47.4 Å². The number of hydrogen-bond acceptors (Lipinski definition) is 6. The molecular formula is C34H44FN5O5. The van der Waals surface area contributed by atoms with Crippen molar-refractivity contribution in [2.75, 3.05) is 65.4 Å². The van der Waals surface area contributed by atoms with E-state index in [-0.39, 0.29) is 29.3 Å². The van der Waals surface area contributed by atoms with E-state index in [0.29, 0.717) is 61.7 Å². The number of likely N-dealkylation sites (tertiary alicyclic amines) is 1. The van der Waals surface area contributed by atoms with Crippen LogP contribution in [0.4, 0.5) is 14.9 Å². The Labute approximate surface area is 264 Å². The van der Waals surface area contributed by atoms with Gasteiger partial charge in [-0.3, -0.25) is 9.59 Å². The van der Waals surface area contributed by atoms with Gasteiger partial charge in [0.1, 0.15) is 17.0 Å². The first-order chi connectivity index (χ1) is 21.3. The standard InChI is InChI=1S/C34H44FN5O5/c1-21(41)40-12-8-9-22(20-40)25-18-26(27-19-28(32(42)37(5)6)36-31(27)30(25)35)24-11-10-23(17-29(24)44-7)38-13-15-39(16-14-38)33(43)45-34(2,3)4/h10-11,17-19,22,36H,8-9,12-16,20H2,1-7H3. The molecule has 0 spiro atoms. The molecule has 3 amide bonds. The smallest absolute Gasteiger partial charge is 0.410 e. The quantitative estimate of drug-likeness (QED) is 0.406. The second-order valence-corrected chi connectivity index (χ2v) is 13.1. The van der Waals surface area contributed by atoms with Crippen molar-refractivity contribution in [1.29, 1.82) is 0 Å². The first-order valence-corrected chi connectivity index (χ1v) is 15.5. The predicted octanol–water partition coefficient (Wildman–Crippen LogP) is 5.47. The van der Waals surface area contributed by atoms with Gasteiger partial charge < -0.3 is 34.1 Å². The Bertz CT molecular complexity index is 1600. The first kappa shape index (κ1) is 32.1. The number of piperidine rings is 1. The Morgan fingerprint density at radius 1 is 0.978 bits per heavy atom. The van der Waals surface area contributed by atoms with Crippen LogP contribution in [0, 0.1) is 5.82 Å². The molecule has 2 saturated heterocycles. The van der Waals surface area contributed by atoms with Gasteiger partial charge in [0.15, 0.2) is 5.82 Å². The minimum atomic E-state index is -0.549. The lowest BCUT2D eigenvalue weighted by atomic mass is 9.86. The lowest BCUT2D eigenvalue weighted by molar-refractivity contribution is -0.130. The Balaban J connectivity index is 1.52. The van der Waals surface area contributed by atoms with Crippen LogP contribution >= 0.6 is 0 Å². The highest BCUT2D eigenvalue weighted by Gasteiger charge is 2.30. The lowest BCUT2D eigenvalue weighted by Gasteiger charge is -2.37. The van der Waals surface area contributed by atoms with Gasteiger partial charge in [-0.1, -0.05) is 0 Å². The van der Waals surface area contributed by atoms with Gasteiger partial charge in [-0.05, 0) is 69.0 Å². The molecule has 242 valence electrons. The molecule has 0 aliphatic carbocycles. The van der Waals surface area contributed by atoms with Gasteiger partial charge >= 0.3 is 6.09 Å². The van der Waals surface area contributed by atoms with Gasteiger partial charge in [-0.25, -0.2) is 9.18 Å². The molecule has 10 nitrogen and oxygen atoms in total. The number of nitrogens with zero attached hydrogens (tertiary/aromatic N) is 4. The number of fused-ring (bicyclic) bond motifs is 1. The molecule has 3 heterocycles. The maximum Gasteiger partial charge on any atom is 0.410 e. The molecule has 2 fully saturated rings. The minimum absolute atomic E-state index is 0.0238. The molecular weight excluding hydrogens is 577 g/mol. The molecule has 0 radical (unpaired) electrons. The third-order valence-corrected chi connectivity index (χ3v) is 8.60. The van der Waals surface area contributed by atoms with Crippen molar-refractivity contribution in [1.82, 2.24) is 19.7 Å². The van der Waals surface area contributed by atoms with Crippen LogP contribution < -0.4 is 9.64 Å². The highest BCUT2D eigenvalue weighted by Crippen LogP contribution is 2.42. The molecule has 2 aliphatic heterocycles. The highest BCUT2D eigenvalue weighted by atomic mass is 19.1. The summed E-state index contributed by atoms with van der Waals surface area (Å²) in [6, 6.07) is 9.50. The van der Waals surface area contributed by atoms with Crippen molar-refractivity contribution in [2.24, 2.45) is 0 Å². The molecule has 45 heavy (non-hydrogen) atoms. The molecule has 1 atom stereocenters. The zero-order chi connectivity index (χ0) is 32.6. The normalized spacial score (nSPS) is 17.4. The van der Waals surface area contributed by atoms with E-state index in [4.69, 9.17) is 9.47 Å². The van der Waals surface area contributed by atoms with Gasteiger partial charge in [0.05, 0.1) is 12.6 Å². The molecule has 11 heteroatoms. The average molecular weight is 622 g/mol. The molecule has 3 aromatic rings.